The van der Waals surface area contributed by atoms with Crippen LogP contribution in [0, 0.1) is 28.6 Å². The van der Waals surface area contributed by atoms with Crippen molar-refractivity contribution in [1.29, 1.82) is 0 Å². The van der Waals surface area contributed by atoms with E-state index in [0.717, 1.165) is 37.7 Å². The first-order valence-electron chi connectivity index (χ1n) is 11.0. The number of fused-ring (bicyclic) bond motifs is 4. The number of carboxylic acids is 1. The number of carbonyl (C=O) groups is 3. The van der Waals surface area contributed by atoms with Crippen molar-refractivity contribution in [2.75, 3.05) is 0 Å². The summed E-state index contributed by atoms with van der Waals surface area (Å²) in [6.07, 6.45) is 7.07. The molecule has 6 aliphatic rings. The van der Waals surface area contributed by atoms with E-state index in [2.05, 4.69) is 13.8 Å². The highest BCUT2D eigenvalue weighted by molar-refractivity contribution is 5.92. The molecule has 4 aliphatic carbocycles. The average Bonchev–Trinajstić information content (AvgIpc) is 3.14. The van der Waals surface area contributed by atoms with Crippen LogP contribution in [-0.2, 0) is 23.9 Å². The molecule has 29 heavy (non-hydrogen) atoms. The van der Waals surface area contributed by atoms with E-state index in [1.54, 1.807) is 6.08 Å². The van der Waals surface area contributed by atoms with Crippen molar-refractivity contribution in [3.8, 4) is 0 Å². The Morgan fingerprint density at radius 2 is 1.97 bits per heavy atom. The number of ketones is 1. The SMILES string of the molecule is CC12C[C@H]3O[C@@]34C(C1CC[C@@]21CCC(=O)O1)[C@H](C(=O)O)CC1=CC(=O)CCC14C. The molecule has 2 spiro atoms. The van der Waals surface area contributed by atoms with Crippen LogP contribution in [0.4, 0.5) is 0 Å². The Hall–Kier alpha value is -1.69. The summed E-state index contributed by atoms with van der Waals surface area (Å²) in [5.74, 6) is -1.31. The van der Waals surface area contributed by atoms with Crippen molar-refractivity contribution in [3.05, 3.63) is 11.6 Å². The molecule has 6 nitrogen and oxygen atoms in total. The standard InChI is InChI=1S/C23H28O6/c1-20-6-3-13(24)9-12(20)10-14(19(26)27)18-15-4-7-22(8-5-17(25)29-22)21(15,2)11-16-23(18,20)28-16/h9,14-16,18H,3-8,10-11H2,1-2H3,(H,26,27)/t14-,15?,16-,18?,20?,21?,22-,23-/m1/s1. The van der Waals surface area contributed by atoms with E-state index in [9.17, 15) is 19.5 Å². The van der Waals surface area contributed by atoms with Crippen LogP contribution in [0.2, 0.25) is 0 Å². The largest absolute Gasteiger partial charge is 0.481 e. The second kappa shape index (κ2) is 5.13. The van der Waals surface area contributed by atoms with Gasteiger partial charge in [-0.15, -0.1) is 0 Å². The Labute approximate surface area is 170 Å². The lowest BCUT2D eigenvalue weighted by Crippen LogP contribution is -2.63. The second-order valence-corrected chi connectivity index (χ2v) is 10.8. The van der Waals surface area contributed by atoms with Crippen LogP contribution in [0.5, 0.6) is 0 Å². The minimum Gasteiger partial charge on any atom is -0.481 e. The van der Waals surface area contributed by atoms with Gasteiger partial charge >= 0.3 is 11.9 Å². The molecule has 0 bridgehead atoms. The van der Waals surface area contributed by atoms with Crippen LogP contribution in [0.15, 0.2) is 11.6 Å². The molecule has 0 aromatic rings. The fourth-order valence-corrected chi connectivity index (χ4v) is 8.55. The van der Waals surface area contributed by atoms with E-state index < -0.39 is 23.1 Å². The smallest absolute Gasteiger partial charge is 0.307 e. The molecule has 5 fully saturated rings. The first-order chi connectivity index (χ1) is 13.7. The van der Waals surface area contributed by atoms with Gasteiger partial charge in [0.15, 0.2) is 5.78 Å². The second-order valence-electron chi connectivity index (χ2n) is 10.8. The molecular formula is C23H28O6. The molecule has 8 atom stereocenters. The van der Waals surface area contributed by atoms with Gasteiger partial charge in [0.1, 0.15) is 11.2 Å². The van der Waals surface area contributed by atoms with Crippen molar-refractivity contribution in [2.24, 2.45) is 28.6 Å². The lowest BCUT2D eigenvalue weighted by atomic mass is 9.43. The van der Waals surface area contributed by atoms with Crippen LogP contribution in [0.3, 0.4) is 0 Å². The first kappa shape index (κ1) is 18.1. The maximum Gasteiger partial charge on any atom is 0.307 e. The predicted octanol–water partition coefficient (Wildman–Crippen LogP) is 3.04. The quantitative estimate of drug-likeness (QED) is 0.537. The summed E-state index contributed by atoms with van der Waals surface area (Å²) in [7, 11) is 0. The van der Waals surface area contributed by atoms with Gasteiger partial charge in [-0.2, -0.15) is 0 Å². The van der Waals surface area contributed by atoms with Gasteiger partial charge in [0, 0.05) is 29.6 Å². The summed E-state index contributed by atoms with van der Waals surface area (Å²) in [6.45, 7) is 4.41. The van der Waals surface area contributed by atoms with Gasteiger partial charge in [-0.3, -0.25) is 14.4 Å². The zero-order valence-corrected chi connectivity index (χ0v) is 17.0. The highest BCUT2D eigenvalue weighted by Crippen LogP contribution is 2.78. The molecule has 0 amide bonds. The van der Waals surface area contributed by atoms with Crippen molar-refractivity contribution < 1.29 is 29.0 Å². The van der Waals surface area contributed by atoms with E-state index in [0.29, 0.717) is 19.3 Å². The minimum absolute atomic E-state index is 0.0215. The molecule has 2 heterocycles. The van der Waals surface area contributed by atoms with Crippen molar-refractivity contribution >= 4 is 17.7 Å². The van der Waals surface area contributed by atoms with Crippen LogP contribution in [0.1, 0.15) is 65.2 Å². The van der Waals surface area contributed by atoms with E-state index in [-0.39, 0.29) is 40.5 Å². The molecule has 3 saturated carbocycles. The molecule has 0 aromatic carbocycles. The summed E-state index contributed by atoms with van der Waals surface area (Å²) >= 11 is 0. The molecule has 156 valence electrons. The first-order valence-corrected chi connectivity index (χ1v) is 11.0. The molecule has 0 radical (unpaired) electrons. The van der Waals surface area contributed by atoms with Crippen molar-refractivity contribution in [2.45, 2.75) is 82.5 Å². The summed E-state index contributed by atoms with van der Waals surface area (Å²) < 4.78 is 12.5. The molecule has 2 aliphatic heterocycles. The Balaban J connectivity index is 1.49. The zero-order valence-electron chi connectivity index (χ0n) is 17.0. The van der Waals surface area contributed by atoms with Gasteiger partial charge in [-0.25, -0.2) is 0 Å². The number of epoxide rings is 1. The predicted molar refractivity (Wildman–Crippen MR) is 101 cm³/mol. The Kier molecular flexibility index (Phi) is 3.20. The summed E-state index contributed by atoms with van der Waals surface area (Å²) in [5, 5.41) is 10.2. The maximum absolute atomic E-state index is 12.4. The molecule has 2 saturated heterocycles. The van der Waals surface area contributed by atoms with Crippen LogP contribution in [0.25, 0.3) is 0 Å². The number of aliphatic carboxylic acids is 1. The van der Waals surface area contributed by atoms with E-state index in [4.69, 9.17) is 9.47 Å². The van der Waals surface area contributed by atoms with Crippen molar-refractivity contribution in [1.82, 2.24) is 0 Å². The highest BCUT2D eigenvalue weighted by Gasteiger charge is 2.83. The maximum atomic E-state index is 12.4. The normalized spacial score (nSPS) is 54.8. The third-order valence-electron chi connectivity index (χ3n) is 10.0. The number of rotatable bonds is 1. The summed E-state index contributed by atoms with van der Waals surface area (Å²) in [6, 6.07) is 0. The molecule has 0 aromatic heterocycles. The third-order valence-corrected chi connectivity index (χ3v) is 10.0. The van der Waals surface area contributed by atoms with Crippen molar-refractivity contribution in [3.63, 3.8) is 0 Å². The van der Waals surface area contributed by atoms with Crippen LogP contribution < -0.4 is 0 Å². The van der Waals surface area contributed by atoms with E-state index in [1.807, 2.05) is 0 Å². The lowest BCUT2D eigenvalue weighted by molar-refractivity contribution is -0.171. The molecule has 4 unspecified atom stereocenters. The third kappa shape index (κ3) is 1.86. The molecule has 6 rings (SSSR count). The molecule has 6 heteroatoms. The van der Waals surface area contributed by atoms with Crippen LogP contribution >= 0.6 is 0 Å². The Bertz CT molecular complexity index is 892. The summed E-state index contributed by atoms with van der Waals surface area (Å²) in [4.78, 5) is 36.6. The van der Waals surface area contributed by atoms with Gasteiger partial charge in [0.2, 0.25) is 0 Å². The zero-order chi connectivity index (χ0) is 20.4. The lowest BCUT2D eigenvalue weighted by Gasteiger charge is -2.58. The fourth-order valence-electron chi connectivity index (χ4n) is 8.55. The van der Waals surface area contributed by atoms with Gasteiger partial charge in [-0.05, 0) is 50.5 Å². The van der Waals surface area contributed by atoms with E-state index in [1.165, 1.54) is 0 Å². The monoisotopic (exact) mass is 400 g/mol. The number of esters is 1. The number of hydrogen-bond acceptors (Lipinski definition) is 5. The van der Waals surface area contributed by atoms with E-state index >= 15 is 0 Å². The number of hydrogen-bond donors (Lipinski definition) is 1. The topological polar surface area (TPSA) is 93.2 Å². The molecular weight excluding hydrogens is 372 g/mol. The molecule has 1 N–H and O–H groups in total. The number of carboxylic acid groups (broad SMARTS) is 1. The van der Waals surface area contributed by atoms with Gasteiger partial charge in [0.25, 0.3) is 0 Å². The number of ether oxygens (including phenoxy) is 2. The van der Waals surface area contributed by atoms with Crippen LogP contribution in [-0.4, -0.2) is 40.1 Å². The fraction of sp³-hybridized carbons (Fsp3) is 0.783. The Morgan fingerprint density at radius 1 is 1.17 bits per heavy atom. The average molecular weight is 400 g/mol. The van der Waals surface area contributed by atoms with Gasteiger partial charge in [-0.1, -0.05) is 19.4 Å². The highest BCUT2D eigenvalue weighted by atomic mass is 16.6. The van der Waals surface area contributed by atoms with Gasteiger partial charge in [0.05, 0.1) is 12.0 Å². The van der Waals surface area contributed by atoms with Gasteiger partial charge < -0.3 is 14.6 Å². The number of carbonyl (C=O) groups excluding carboxylic acids is 2. The minimum atomic E-state index is -0.793. The Morgan fingerprint density at radius 3 is 2.66 bits per heavy atom. The summed E-state index contributed by atoms with van der Waals surface area (Å²) in [5.41, 5.74) is -0.492.